The van der Waals surface area contributed by atoms with Gasteiger partial charge in [-0.2, -0.15) is 0 Å². The van der Waals surface area contributed by atoms with E-state index in [1.165, 1.54) is 0 Å². The van der Waals surface area contributed by atoms with Crippen molar-refractivity contribution in [2.75, 3.05) is 0 Å². The van der Waals surface area contributed by atoms with Crippen LogP contribution in [-0.2, 0) is 0 Å². The number of nitrogens with two attached hydrogens (primary N) is 1. The van der Waals surface area contributed by atoms with Crippen LogP contribution in [-0.4, -0.2) is 11.8 Å². The molecule has 0 fully saturated rings. The first-order valence-corrected chi connectivity index (χ1v) is 5.04. The van der Waals surface area contributed by atoms with Crippen molar-refractivity contribution in [2.24, 2.45) is 5.73 Å². The largest absolute Gasteiger partial charge is 0.321 e. The summed E-state index contributed by atoms with van der Waals surface area (Å²) < 4.78 is 0. The van der Waals surface area contributed by atoms with Crippen LogP contribution in [0.4, 0.5) is 0 Å². The van der Waals surface area contributed by atoms with E-state index in [-0.39, 0.29) is 5.78 Å². The summed E-state index contributed by atoms with van der Waals surface area (Å²) in [7, 11) is 0. The molecule has 1 aromatic rings. The van der Waals surface area contributed by atoms with E-state index in [0.29, 0.717) is 6.42 Å². The molecule has 2 N–H and O–H groups in total. The quantitative estimate of drug-likeness (QED) is 0.603. The molecule has 0 spiro atoms. The second kappa shape index (κ2) is 4.89. The molecule has 80 valence electrons. The van der Waals surface area contributed by atoms with Crippen molar-refractivity contribution in [3.05, 3.63) is 47.5 Å². The van der Waals surface area contributed by atoms with E-state index in [2.05, 4.69) is 6.58 Å². The summed E-state index contributed by atoms with van der Waals surface area (Å²) in [6, 6.07) is 5.23. The second-order valence-corrected chi connectivity index (χ2v) is 3.74. The number of rotatable bonds is 4. The van der Waals surface area contributed by atoms with Crippen LogP contribution in [0.3, 0.4) is 0 Å². The predicted molar refractivity (Wildman–Crippen MR) is 63.0 cm³/mol. The maximum Gasteiger partial charge on any atom is 0.180 e. The minimum absolute atomic E-state index is 0.00361. The average molecular weight is 203 g/mol. The fourth-order valence-corrected chi connectivity index (χ4v) is 1.50. The highest BCUT2D eigenvalue weighted by Gasteiger charge is 2.16. The zero-order valence-corrected chi connectivity index (χ0v) is 9.29. The number of hydrogen-bond acceptors (Lipinski definition) is 2. The molecule has 2 nitrogen and oxygen atoms in total. The van der Waals surface area contributed by atoms with Crippen LogP contribution in [0.5, 0.6) is 0 Å². The zero-order valence-electron chi connectivity index (χ0n) is 9.29. The third-order valence-electron chi connectivity index (χ3n) is 2.63. The molecule has 1 rings (SSSR count). The Balaban J connectivity index is 3.01. The van der Waals surface area contributed by atoms with Crippen molar-refractivity contribution >= 4 is 5.78 Å². The normalized spacial score (nSPS) is 12.2. The van der Waals surface area contributed by atoms with Gasteiger partial charge in [0.2, 0.25) is 0 Å². The van der Waals surface area contributed by atoms with E-state index < -0.39 is 6.04 Å². The number of ketones is 1. The fraction of sp³-hybridized carbons (Fsp3) is 0.308. The van der Waals surface area contributed by atoms with Crippen molar-refractivity contribution in [3.8, 4) is 0 Å². The predicted octanol–water partition coefficient (Wildman–Crippen LogP) is 2.39. The second-order valence-electron chi connectivity index (χ2n) is 3.74. The van der Waals surface area contributed by atoms with E-state index in [9.17, 15) is 4.79 Å². The maximum absolute atomic E-state index is 11.9. The molecular formula is C13H17NO. The maximum atomic E-state index is 11.9. The molecule has 0 amide bonds. The Labute approximate surface area is 90.8 Å². The van der Waals surface area contributed by atoms with Crippen LogP contribution in [0.1, 0.15) is 27.9 Å². The van der Waals surface area contributed by atoms with Gasteiger partial charge < -0.3 is 5.73 Å². The first-order chi connectivity index (χ1) is 7.07. The van der Waals surface area contributed by atoms with Gasteiger partial charge in [0.15, 0.2) is 5.78 Å². The Bertz CT molecular complexity index is 382. The number of carbonyl (C=O) groups is 1. The van der Waals surface area contributed by atoms with Crippen molar-refractivity contribution in [3.63, 3.8) is 0 Å². The highest BCUT2D eigenvalue weighted by atomic mass is 16.1. The van der Waals surface area contributed by atoms with Crippen LogP contribution < -0.4 is 5.73 Å². The molecule has 0 aromatic heterocycles. The molecule has 1 aromatic carbocycles. The summed E-state index contributed by atoms with van der Waals surface area (Å²) in [5.74, 6) is -0.00361. The van der Waals surface area contributed by atoms with Gasteiger partial charge in [-0.1, -0.05) is 24.3 Å². The lowest BCUT2D eigenvalue weighted by Crippen LogP contribution is -2.30. The number of Topliss-reactive ketones (excluding diaryl/α,β-unsaturated/α-hetero) is 1. The first kappa shape index (κ1) is 11.7. The summed E-state index contributed by atoms with van der Waals surface area (Å²) in [6.07, 6.45) is 2.19. The summed E-state index contributed by atoms with van der Waals surface area (Å²) in [6.45, 7) is 7.52. The molecule has 2 heteroatoms. The number of hydrogen-bond donors (Lipinski definition) is 1. The van der Waals surface area contributed by atoms with Gasteiger partial charge in [-0.3, -0.25) is 4.79 Å². The van der Waals surface area contributed by atoms with Crippen LogP contribution >= 0.6 is 0 Å². The molecule has 0 saturated carbocycles. The average Bonchev–Trinajstić information content (AvgIpc) is 2.21. The molecule has 0 aliphatic rings. The van der Waals surface area contributed by atoms with E-state index in [0.717, 1.165) is 16.7 Å². The molecule has 0 aliphatic heterocycles. The molecule has 0 bridgehead atoms. The summed E-state index contributed by atoms with van der Waals surface area (Å²) in [4.78, 5) is 11.9. The lowest BCUT2D eigenvalue weighted by Gasteiger charge is -2.11. The Morgan fingerprint density at radius 1 is 1.53 bits per heavy atom. The number of carbonyl (C=O) groups excluding carboxylic acids is 1. The van der Waals surface area contributed by atoms with Crippen LogP contribution in [0.15, 0.2) is 30.9 Å². The minimum atomic E-state index is -0.469. The smallest absolute Gasteiger partial charge is 0.180 e. The monoisotopic (exact) mass is 203 g/mol. The molecular weight excluding hydrogens is 186 g/mol. The van der Waals surface area contributed by atoms with Gasteiger partial charge in [0.05, 0.1) is 6.04 Å². The third-order valence-corrected chi connectivity index (χ3v) is 2.63. The van der Waals surface area contributed by atoms with Crippen LogP contribution in [0.25, 0.3) is 0 Å². The van der Waals surface area contributed by atoms with Crippen molar-refractivity contribution in [1.82, 2.24) is 0 Å². The van der Waals surface area contributed by atoms with Gasteiger partial charge in [0.1, 0.15) is 0 Å². The first-order valence-electron chi connectivity index (χ1n) is 5.04. The van der Waals surface area contributed by atoms with Crippen molar-refractivity contribution in [2.45, 2.75) is 26.3 Å². The standard InChI is InChI=1S/C13H17NO/c1-4-6-12(14)13(15)11-8-5-7-9(2)10(11)3/h4-5,7-8,12H,1,6,14H2,2-3H3. The van der Waals surface area contributed by atoms with Gasteiger partial charge >= 0.3 is 0 Å². The fourth-order valence-electron chi connectivity index (χ4n) is 1.50. The molecule has 1 atom stereocenters. The van der Waals surface area contributed by atoms with Gasteiger partial charge in [-0.25, -0.2) is 0 Å². The van der Waals surface area contributed by atoms with E-state index in [1.807, 2.05) is 32.0 Å². The third kappa shape index (κ3) is 2.54. The van der Waals surface area contributed by atoms with Crippen molar-refractivity contribution in [1.29, 1.82) is 0 Å². The Morgan fingerprint density at radius 2 is 2.20 bits per heavy atom. The van der Waals surface area contributed by atoms with Gasteiger partial charge in [0.25, 0.3) is 0 Å². The molecule has 0 saturated heterocycles. The van der Waals surface area contributed by atoms with E-state index in [1.54, 1.807) is 6.08 Å². The number of aryl methyl sites for hydroxylation is 1. The highest BCUT2D eigenvalue weighted by molar-refractivity contribution is 6.01. The lowest BCUT2D eigenvalue weighted by molar-refractivity contribution is 0.0961. The summed E-state index contributed by atoms with van der Waals surface area (Å²) in [5, 5.41) is 0. The van der Waals surface area contributed by atoms with Crippen LogP contribution in [0.2, 0.25) is 0 Å². The van der Waals surface area contributed by atoms with Crippen LogP contribution in [0, 0.1) is 13.8 Å². The molecule has 1 unspecified atom stereocenters. The Kier molecular flexibility index (Phi) is 3.81. The van der Waals surface area contributed by atoms with E-state index in [4.69, 9.17) is 5.73 Å². The Hall–Kier alpha value is -1.41. The van der Waals surface area contributed by atoms with Gasteiger partial charge in [-0.15, -0.1) is 6.58 Å². The summed E-state index contributed by atoms with van der Waals surface area (Å²) >= 11 is 0. The Morgan fingerprint density at radius 3 is 2.80 bits per heavy atom. The zero-order chi connectivity index (χ0) is 11.4. The van der Waals surface area contributed by atoms with Gasteiger partial charge in [0, 0.05) is 5.56 Å². The topological polar surface area (TPSA) is 43.1 Å². The molecule has 15 heavy (non-hydrogen) atoms. The lowest BCUT2D eigenvalue weighted by atomic mass is 9.95. The highest BCUT2D eigenvalue weighted by Crippen LogP contribution is 2.15. The molecule has 0 heterocycles. The van der Waals surface area contributed by atoms with E-state index >= 15 is 0 Å². The molecule has 0 radical (unpaired) electrons. The summed E-state index contributed by atoms with van der Waals surface area (Å²) in [5.41, 5.74) is 8.62. The van der Waals surface area contributed by atoms with Crippen molar-refractivity contribution < 1.29 is 4.79 Å². The molecule has 0 aliphatic carbocycles. The minimum Gasteiger partial charge on any atom is -0.321 e. The number of benzene rings is 1. The SMILES string of the molecule is C=CCC(N)C(=O)c1cccc(C)c1C. The van der Waals surface area contributed by atoms with Gasteiger partial charge in [-0.05, 0) is 31.4 Å².